The lowest BCUT2D eigenvalue weighted by Gasteiger charge is -2.23. The van der Waals surface area contributed by atoms with Gasteiger partial charge in [-0.1, -0.05) is 23.7 Å². The Morgan fingerprint density at radius 1 is 1.24 bits per heavy atom. The number of fused-ring (bicyclic) bond motifs is 1. The van der Waals surface area contributed by atoms with Crippen LogP contribution in [0.4, 0.5) is 11.6 Å². The fourth-order valence-electron chi connectivity index (χ4n) is 4.04. The molecule has 1 atom stereocenters. The number of nitrogens with one attached hydrogen (secondary N) is 1. The lowest BCUT2D eigenvalue weighted by atomic mass is 10.1. The zero-order chi connectivity index (χ0) is 23.7. The molecular formula is C24H25ClN6O3. The molecule has 34 heavy (non-hydrogen) atoms. The fourth-order valence-corrected chi connectivity index (χ4v) is 4.29. The number of anilines is 2. The van der Waals surface area contributed by atoms with Gasteiger partial charge in [-0.2, -0.15) is 10.1 Å². The molecule has 1 aliphatic rings. The van der Waals surface area contributed by atoms with Gasteiger partial charge in [0.1, 0.15) is 0 Å². The molecule has 0 radical (unpaired) electrons. The van der Waals surface area contributed by atoms with E-state index in [2.05, 4.69) is 20.5 Å². The SMILES string of the molecule is CCOC(=O)c1ccc(-c2nc(Nc3ccc4c(cnn4C4CCCCO4)c3Cl)n(C)n2)cc1. The molecule has 5 rings (SSSR count). The van der Waals surface area contributed by atoms with Crippen LogP contribution in [-0.2, 0) is 16.5 Å². The van der Waals surface area contributed by atoms with Gasteiger partial charge in [0.15, 0.2) is 12.1 Å². The van der Waals surface area contributed by atoms with E-state index in [0.29, 0.717) is 34.7 Å². The Hall–Kier alpha value is -3.43. The average Bonchev–Trinajstić information content (AvgIpc) is 3.46. The van der Waals surface area contributed by atoms with Crippen molar-refractivity contribution in [1.29, 1.82) is 0 Å². The second-order valence-corrected chi connectivity index (χ2v) is 8.45. The summed E-state index contributed by atoms with van der Waals surface area (Å²) in [7, 11) is 1.80. The Kier molecular flexibility index (Phi) is 6.21. The minimum atomic E-state index is -0.353. The van der Waals surface area contributed by atoms with Crippen LogP contribution in [0, 0.1) is 0 Å². The Morgan fingerprint density at radius 3 is 2.79 bits per heavy atom. The summed E-state index contributed by atoms with van der Waals surface area (Å²) >= 11 is 6.73. The number of rotatable bonds is 6. The minimum Gasteiger partial charge on any atom is -0.462 e. The van der Waals surface area contributed by atoms with E-state index >= 15 is 0 Å². The van der Waals surface area contributed by atoms with Crippen LogP contribution in [0.3, 0.4) is 0 Å². The third-order valence-electron chi connectivity index (χ3n) is 5.81. The van der Waals surface area contributed by atoms with E-state index in [1.807, 2.05) is 16.8 Å². The molecule has 1 unspecified atom stereocenters. The van der Waals surface area contributed by atoms with Crippen LogP contribution in [-0.4, -0.2) is 43.7 Å². The average molecular weight is 481 g/mol. The van der Waals surface area contributed by atoms with Gasteiger partial charge in [-0.25, -0.2) is 14.2 Å². The standard InChI is InChI=1S/C24H25ClN6O3/c1-3-33-23(32)16-9-7-15(8-10-16)22-28-24(30(2)29-22)27-18-11-12-19-17(21(18)25)14-26-31(19)20-6-4-5-13-34-20/h7-12,14,20H,3-6,13H2,1-2H3,(H,27,28,29). The Balaban J connectivity index is 1.38. The summed E-state index contributed by atoms with van der Waals surface area (Å²) in [6.07, 6.45) is 4.86. The summed E-state index contributed by atoms with van der Waals surface area (Å²) in [5, 5.41) is 13.7. The van der Waals surface area contributed by atoms with E-state index in [1.165, 1.54) is 0 Å². The van der Waals surface area contributed by atoms with Crippen molar-refractivity contribution in [2.75, 3.05) is 18.5 Å². The maximum atomic E-state index is 11.9. The zero-order valence-electron chi connectivity index (χ0n) is 19.0. The number of nitrogens with zero attached hydrogens (tertiary/aromatic N) is 5. The smallest absolute Gasteiger partial charge is 0.338 e. The largest absolute Gasteiger partial charge is 0.462 e. The maximum absolute atomic E-state index is 11.9. The van der Waals surface area contributed by atoms with Gasteiger partial charge in [0, 0.05) is 24.6 Å². The highest BCUT2D eigenvalue weighted by molar-refractivity contribution is 6.38. The number of halogens is 1. The van der Waals surface area contributed by atoms with E-state index in [0.717, 1.165) is 42.3 Å². The molecule has 1 fully saturated rings. The van der Waals surface area contributed by atoms with Crippen molar-refractivity contribution in [2.45, 2.75) is 32.4 Å². The predicted molar refractivity (Wildman–Crippen MR) is 129 cm³/mol. The number of hydrogen-bond acceptors (Lipinski definition) is 7. The molecule has 1 aliphatic heterocycles. The number of aromatic nitrogens is 5. The van der Waals surface area contributed by atoms with Crippen molar-refractivity contribution < 1.29 is 14.3 Å². The summed E-state index contributed by atoms with van der Waals surface area (Å²) in [6.45, 7) is 2.86. The third kappa shape index (κ3) is 4.24. The summed E-state index contributed by atoms with van der Waals surface area (Å²) in [4.78, 5) is 16.5. The molecule has 1 N–H and O–H groups in total. The number of benzene rings is 2. The topological polar surface area (TPSA) is 96.1 Å². The quantitative estimate of drug-likeness (QED) is 0.383. The molecule has 0 spiro atoms. The van der Waals surface area contributed by atoms with Crippen molar-refractivity contribution in [3.05, 3.63) is 53.2 Å². The van der Waals surface area contributed by atoms with Gasteiger partial charge in [0.2, 0.25) is 5.95 Å². The Bertz CT molecular complexity index is 1320. The van der Waals surface area contributed by atoms with Crippen molar-refractivity contribution in [2.24, 2.45) is 7.05 Å². The van der Waals surface area contributed by atoms with Gasteiger partial charge in [-0.3, -0.25) is 0 Å². The monoisotopic (exact) mass is 480 g/mol. The van der Waals surface area contributed by atoms with Crippen molar-refractivity contribution in [3.63, 3.8) is 0 Å². The minimum absolute atomic E-state index is 0.0577. The van der Waals surface area contributed by atoms with E-state index in [9.17, 15) is 4.79 Å². The molecule has 3 heterocycles. The van der Waals surface area contributed by atoms with Crippen LogP contribution in [0.15, 0.2) is 42.6 Å². The summed E-state index contributed by atoms with van der Waals surface area (Å²) in [5.41, 5.74) is 2.91. The zero-order valence-corrected chi connectivity index (χ0v) is 19.7. The first-order valence-corrected chi connectivity index (χ1v) is 11.7. The van der Waals surface area contributed by atoms with Crippen LogP contribution in [0.25, 0.3) is 22.3 Å². The van der Waals surface area contributed by atoms with Crippen LogP contribution in [0.1, 0.15) is 42.8 Å². The number of aryl methyl sites for hydroxylation is 1. The number of carbonyl (C=O) groups excluding carboxylic acids is 1. The van der Waals surface area contributed by atoms with Gasteiger partial charge in [-0.15, -0.1) is 5.10 Å². The van der Waals surface area contributed by atoms with Crippen molar-refractivity contribution in [1.82, 2.24) is 24.5 Å². The highest BCUT2D eigenvalue weighted by Gasteiger charge is 2.20. The lowest BCUT2D eigenvalue weighted by molar-refractivity contribution is -0.0366. The highest BCUT2D eigenvalue weighted by Crippen LogP contribution is 2.35. The van der Waals surface area contributed by atoms with Gasteiger partial charge >= 0.3 is 5.97 Å². The molecule has 176 valence electrons. The van der Waals surface area contributed by atoms with Gasteiger partial charge in [-0.05, 0) is 50.5 Å². The first-order valence-electron chi connectivity index (χ1n) is 11.3. The number of ether oxygens (including phenoxy) is 2. The number of hydrogen-bond donors (Lipinski definition) is 1. The predicted octanol–water partition coefficient (Wildman–Crippen LogP) is 5.10. The van der Waals surface area contributed by atoms with Crippen molar-refractivity contribution in [3.8, 4) is 11.4 Å². The molecule has 2 aromatic heterocycles. The molecule has 10 heteroatoms. The van der Waals surface area contributed by atoms with Crippen LogP contribution >= 0.6 is 11.6 Å². The highest BCUT2D eigenvalue weighted by atomic mass is 35.5. The molecule has 9 nitrogen and oxygen atoms in total. The number of esters is 1. The molecule has 0 saturated carbocycles. The summed E-state index contributed by atoms with van der Waals surface area (Å²) < 4.78 is 14.5. The van der Waals surface area contributed by atoms with E-state index in [4.69, 9.17) is 21.1 Å². The van der Waals surface area contributed by atoms with E-state index in [-0.39, 0.29) is 12.2 Å². The molecule has 1 saturated heterocycles. The van der Waals surface area contributed by atoms with Crippen LogP contribution in [0.2, 0.25) is 5.02 Å². The summed E-state index contributed by atoms with van der Waals surface area (Å²) in [6, 6.07) is 10.9. The maximum Gasteiger partial charge on any atom is 0.338 e. The Labute approximate surface area is 201 Å². The molecule has 0 amide bonds. The van der Waals surface area contributed by atoms with Crippen LogP contribution < -0.4 is 5.32 Å². The second kappa shape index (κ2) is 9.44. The molecule has 0 aliphatic carbocycles. The first kappa shape index (κ1) is 22.4. The van der Waals surface area contributed by atoms with Gasteiger partial charge in [0.25, 0.3) is 0 Å². The van der Waals surface area contributed by atoms with E-state index in [1.54, 1.807) is 49.1 Å². The number of carbonyl (C=O) groups is 1. The second-order valence-electron chi connectivity index (χ2n) is 8.08. The van der Waals surface area contributed by atoms with E-state index < -0.39 is 0 Å². The summed E-state index contributed by atoms with van der Waals surface area (Å²) in [5.74, 6) is 0.711. The van der Waals surface area contributed by atoms with Gasteiger partial charge < -0.3 is 14.8 Å². The van der Waals surface area contributed by atoms with Crippen LogP contribution in [0.5, 0.6) is 0 Å². The van der Waals surface area contributed by atoms with Gasteiger partial charge in [0.05, 0.1) is 34.6 Å². The fraction of sp³-hybridized carbons (Fsp3) is 0.333. The molecular weight excluding hydrogens is 456 g/mol. The van der Waals surface area contributed by atoms with Crippen molar-refractivity contribution >= 4 is 40.1 Å². The first-order chi connectivity index (χ1) is 16.5. The molecule has 0 bridgehead atoms. The molecule has 4 aromatic rings. The molecule has 2 aromatic carbocycles. The normalized spacial score (nSPS) is 16.0. The Morgan fingerprint density at radius 2 is 2.06 bits per heavy atom. The third-order valence-corrected chi connectivity index (χ3v) is 6.21. The lowest BCUT2D eigenvalue weighted by Crippen LogP contribution is -2.18.